The summed E-state index contributed by atoms with van der Waals surface area (Å²) in [6, 6.07) is 21.4. The van der Waals surface area contributed by atoms with Gasteiger partial charge in [-0.3, -0.25) is 0 Å². The average molecular weight is 400 g/mol. The number of carboxylic acid groups (broad SMARTS) is 2. The van der Waals surface area contributed by atoms with Gasteiger partial charge in [-0.1, -0.05) is 72.8 Å². The predicted octanol–water partition coefficient (Wildman–Crippen LogP) is -3.68. The first-order chi connectivity index (χ1) is 13.1. The molecule has 132 valence electrons. The Kier molecular flexibility index (Phi) is 8.06. The molecule has 0 aliphatic heterocycles. The molecule has 4 aromatic carbocycles. The van der Waals surface area contributed by atoms with Crippen molar-refractivity contribution in [1.82, 2.24) is 0 Å². The smallest absolute Gasteiger partial charge is 0.545 e. The Bertz CT molecular complexity index is 1120. The van der Waals surface area contributed by atoms with E-state index < -0.39 is 11.9 Å². The third kappa shape index (κ3) is 4.58. The zero-order chi connectivity index (χ0) is 19.0. The summed E-state index contributed by atoms with van der Waals surface area (Å²) < 4.78 is 0. The van der Waals surface area contributed by atoms with Crippen LogP contribution in [0.2, 0.25) is 0 Å². The van der Waals surface area contributed by atoms with Crippen LogP contribution in [0.3, 0.4) is 0 Å². The van der Waals surface area contributed by atoms with E-state index in [1.54, 1.807) is 36.4 Å². The minimum absolute atomic E-state index is 0. The number of fused-ring (bicyclic) bond motifs is 2. The number of carbonyl (C=O) groups is 2. The normalized spacial score (nSPS) is 10.2. The second-order valence-electron chi connectivity index (χ2n) is 6.39. The van der Waals surface area contributed by atoms with Gasteiger partial charge in [0.25, 0.3) is 0 Å². The third-order valence-electron chi connectivity index (χ3n) is 4.82. The molecule has 0 unspecified atom stereocenters. The summed E-state index contributed by atoms with van der Waals surface area (Å²) in [5.41, 5.74) is 1.19. The van der Waals surface area contributed by atoms with Gasteiger partial charge in [-0.25, -0.2) is 0 Å². The van der Waals surface area contributed by atoms with E-state index in [2.05, 4.69) is 0 Å². The SMILES string of the molecule is O=C([O-])c1c(Cc2ccc3ccccc3c2C(=O)[O-])ccc2ccccc12.[Na+].[Na+]. The van der Waals surface area contributed by atoms with Crippen molar-refractivity contribution in [2.45, 2.75) is 6.42 Å². The molecular weight excluding hydrogens is 386 g/mol. The van der Waals surface area contributed by atoms with Gasteiger partial charge in [-0.15, -0.1) is 0 Å². The molecule has 0 atom stereocenters. The molecule has 0 bridgehead atoms. The first-order valence-corrected chi connectivity index (χ1v) is 8.50. The van der Waals surface area contributed by atoms with Crippen LogP contribution in [-0.2, 0) is 6.42 Å². The van der Waals surface area contributed by atoms with Crippen LogP contribution in [0.15, 0.2) is 72.8 Å². The minimum atomic E-state index is -1.28. The van der Waals surface area contributed by atoms with Gasteiger partial charge in [0, 0.05) is 11.1 Å². The Morgan fingerprint density at radius 3 is 1.34 bits per heavy atom. The standard InChI is InChI=1S/C23H16O4.2Na/c24-22(25)20-16(11-9-14-5-1-3-7-18(14)20)13-17-12-10-15-6-2-4-8-19(15)21(17)23(26)27;;/h1-12H,13H2,(H,24,25)(H,26,27);;/q;2*+1/p-2. The van der Waals surface area contributed by atoms with Crippen LogP contribution in [0.4, 0.5) is 0 Å². The van der Waals surface area contributed by atoms with Gasteiger partial charge in [-0.05, 0) is 39.1 Å². The van der Waals surface area contributed by atoms with Crippen LogP contribution in [0.5, 0.6) is 0 Å². The molecule has 4 rings (SSSR count). The Morgan fingerprint density at radius 2 is 0.966 bits per heavy atom. The summed E-state index contributed by atoms with van der Waals surface area (Å²) in [6.45, 7) is 0. The number of benzene rings is 4. The van der Waals surface area contributed by atoms with E-state index in [0.29, 0.717) is 21.9 Å². The zero-order valence-corrected chi connectivity index (χ0v) is 20.3. The van der Waals surface area contributed by atoms with Crippen LogP contribution in [-0.4, -0.2) is 11.9 Å². The van der Waals surface area contributed by atoms with Crippen molar-refractivity contribution in [2.75, 3.05) is 0 Å². The molecule has 0 aliphatic rings. The molecule has 6 heteroatoms. The Morgan fingerprint density at radius 1 is 0.586 bits per heavy atom. The molecule has 0 fully saturated rings. The summed E-state index contributed by atoms with van der Waals surface area (Å²) in [7, 11) is 0. The predicted molar refractivity (Wildman–Crippen MR) is 99.4 cm³/mol. The number of carbonyl (C=O) groups excluding carboxylic acids is 2. The van der Waals surface area contributed by atoms with E-state index in [-0.39, 0.29) is 76.7 Å². The first-order valence-electron chi connectivity index (χ1n) is 8.50. The fourth-order valence-electron chi connectivity index (χ4n) is 3.62. The van der Waals surface area contributed by atoms with Gasteiger partial charge < -0.3 is 19.8 Å². The number of hydrogen-bond acceptors (Lipinski definition) is 4. The van der Waals surface area contributed by atoms with Gasteiger partial charge in [-0.2, -0.15) is 0 Å². The molecule has 0 radical (unpaired) electrons. The quantitative estimate of drug-likeness (QED) is 0.331. The summed E-state index contributed by atoms with van der Waals surface area (Å²) >= 11 is 0. The van der Waals surface area contributed by atoms with E-state index in [0.717, 1.165) is 10.8 Å². The monoisotopic (exact) mass is 400 g/mol. The van der Waals surface area contributed by atoms with E-state index in [9.17, 15) is 19.8 Å². The summed E-state index contributed by atoms with van der Waals surface area (Å²) in [5.74, 6) is -2.56. The second kappa shape index (κ2) is 9.90. The average Bonchev–Trinajstić information content (AvgIpc) is 2.67. The number of rotatable bonds is 4. The van der Waals surface area contributed by atoms with Crippen LogP contribution in [0, 0.1) is 0 Å². The van der Waals surface area contributed by atoms with Gasteiger partial charge in [0.1, 0.15) is 0 Å². The third-order valence-corrected chi connectivity index (χ3v) is 4.82. The largest absolute Gasteiger partial charge is 1.00 e. The summed E-state index contributed by atoms with van der Waals surface area (Å²) in [5, 5.41) is 26.4. The van der Waals surface area contributed by atoms with Crippen LogP contribution in [0.1, 0.15) is 31.8 Å². The molecule has 0 saturated carbocycles. The van der Waals surface area contributed by atoms with Crippen molar-refractivity contribution in [3.63, 3.8) is 0 Å². The Balaban J connectivity index is 0.00000150. The van der Waals surface area contributed by atoms with E-state index >= 15 is 0 Å². The molecule has 0 spiro atoms. The molecule has 0 amide bonds. The van der Waals surface area contributed by atoms with E-state index in [1.807, 2.05) is 36.4 Å². The van der Waals surface area contributed by atoms with Gasteiger partial charge in [0.05, 0.1) is 11.9 Å². The van der Waals surface area contributed by atoms with Crippen molar-refractivity contribution >= 4 is 33.5 Å². The number of aromatic carboxylic acids is 2. The van der Waals surface area contributed by atoms with Crippen molar-refractivity contribution in [2.24, 2.45) is 0 Å². The Hall–Kier alpha value is -1.66. The zero-order valence-electron chi connectivity index (χ0n) is 16.3. The molecule has 0 N–H and O–H groups in total. The molecule has 29 heavy (non-hydrogen) atoms. The maximum absolute atomic E-state index is 11.8. The van der Waals surface area contributed by atoms with E-state index in [1.165, 1.54) is 0 Å². The van der Waals surface area contributed by atoms with Gasteiger partial charge >= 0.3 is 59.1 Å². The number of carboxylic acids is 2. The maximum atomic E-state index is 11.8. The van der Waals surface area contributed by atoms with Crippen molar-refractivity contribution < 1.29 is 78.9 Å². The maximum Gasteiger partial charge on any atom is 1.00 e. The fraction of sp³-hybridized carbons (Fsp3) is 0.0435. The van der Waals surface area contributed by atoms with Crippen molar-refractivity contribution in [3.8, 4) is 0 Å². The Labute approximate surface area is 212 Å². The van der Waals surface area contributed by atoms with E-state index in [4.69, 9.17) is 0 Å². The summed E-state index contributed by atoms with van der Waals surface area (Å²) in [6.07, 6.45) is 0.155. The molecular formula is C23H14Na2O4. The molecule has 0 saturated heterocycles. The van der Waals surface area contributed by atoms with Crippen molar-refractivity contribution in [3.05, 3.63) is 95.1 Å². The molecule has 0 heterocycles. The molecule has 4 aromatic rings. The minimum Gasteiger partial charge on any atom is -0.545 e. The van der Waals surface area contributed by atoms with Gasteiger partial charge in [0.15, 0.2) is 0 Å². The van der Waals surface area contributed by atoms with Crippen LogP contribution in [0.25, 0.3) is 21.5 Å². The summed E-state index contributed by atoms with van der Waals surface area (Å²) in [4.78, 5) is 23.6. The van der Waals surface area contributed by atoms with Crippen LogP contribution < -0.4 is 69.3 Å². The number of hydrogen-bond donors (Lipinski definition) is 0. The fourth-order valence-corrected chi connectivity index (χ4v) is 3.62. The van der Waals surface area contributed by atoms with Crippen LogP contribution >= 0.6 is 0 Å². The molecule has 0 aromatic heterocycles. The molecule has 0 aliphatic carbocycles. The second-order valence-corrected chi connectivity index (χ2v) is 6.39. The molecule has 4 nitrogen and oxygen atoms in total. The first kappa shape index (κ1) is 23.6. The van der Waals surface area contributed by atoms with Crippen molar-refractivity contribution in [1.29, 1.82) is 0 Å². The topological polar surface area (TPSA) is 80.3 Å². The van der Waals surface area contributed by atoms with Gasteiger partial charge in [0.2, 0.25) is 0 Å².